The molecule has 2 aromatic rings. The van der Waals surface area contributed by atoms with Crippen LogP contribution in [0.25, 0.3) is 0 Å². The van der Waals surface area contributed by atoms with Crippen LogP contribution in [0.4, 0.5) is 24.7 Å². The largest absolute Gasteiger partial charge is 0.410 e. The van der Waals surface area contributed by atoms with Gasteiger partial charge in [0.25, 0.3) is 5.91 Å². The number of hydrazine groups is 1. The number of anilines is 2. The summed E-state index contributed by atoms with van der Waals surface area (Å²) < 4.78 is 40.7. The van der Waals surface area contributed by atoms with Crippen molar-refractivity contribution in [3.63, 3.8) is 0 Å². The van der Waals surface area contributed by atoms with Crippen molar-refractivity contribution < 1.29 is 18.0 Å². The predicted molar refractivity (Wildman–Crippen MR) is 108 cm³/mol. The van der Waals surface area contributed by atoms with Crippen molar-refractivity contribution in [2.45, 2.75) is 44.9 Å². The molecule has 1 aromatic heterocycles. The van der Waals surface area contributed by atoms with Crippen LogP contribution in [0.3, 0.4) is 0 Å². The number of para-hydroxylation sites is 1. The summed E-state index contributed by atoms with van der Waals surface area (Å²) in [6.45, 7) is 3.63. The van der Waals surface area contributed by atoms with Gasteiger partial charge in [-0.05, 0) is 43.6 Å². The van der Waals surface area contributed by atoms with Gasteiger partial charge in [0.1, 0.15) is 11.4 Å². The molecule has 1 aliphatic heterocycles. The van der Waals surface area contributed by atoms with Gasteiger partial charge in [0.05, 0.1) is 6.20 Å². The Morgan fingerprint density at radius 1 is 1.34 bits per heavy atom. The van der Waals surface area contributed by atoms with Gasteiger partial charge in [-0.25, -0.2) is 4.68 Å². The smallest absolute Gasteiger partial charge is 0.367 e. The number of benzene rings is 1. The Balaban J connectivity index is 1.68. The molecule has 2 atom stereocenters. The number of fused-ring (bicyclic) bond motifs is 1. The zero-order valence-electron chi connectivity index (χ0n) is 15.8. The second kappa shape index (κ2) is 8.27. The van der Waals surface area contributed by atoms with Crippen LogP contribution >= 0.6 is 12.2 Å². The van der Waals surface area contributed by atoms with Crippen LogP contribution in [0.5, 0.6) is 0 Å². The quantitative estimate of drug-likeness (QED) is 0.445. The third-order valence-corrected chi connectivity index (χ3v) is 4.81. The molecule has 156 valence electrons. The first kappa shape index (κ1) is 20.9. The average Bonchev–Trinajstić information content (AvgIpc) is 3.08. The van der Waals surface area contributed by atoms with Gasteiger partial charge < -0.3 is 10.6 Å². The minimum absolute atomic E-state index is 0.00458. The number of rotatable bonds is 3. The van der Waals surface area contributed by atoms with E-state index >= 15 is 0 Å². The van der Waals surface area contributed by atoms with Gasteiger partial charge in [0.15, 0.2) is 11.2 Å². The van der Waals surface area contributed by atoms with Crippen LogP contribution in [0.1, 0.15) is 42.2 Å². The highest BCUT2D eigenvalue weighted by atomic mass is 32.1. The fourth-order valence-corrected chi connectivity index (χ4v) is 3.35. The molecule has 4 N–H and O–H groups in total. The molecule has 1 amide bonds. The lowest BCUT2D eigenvalue weighted by atomic mass is 10.1. The summed E-state index contributed by atoms with van der Waals surface area (Å²) >= 11 is 5.18. The Morgan fingerprint density at radius 2 is 2.07 bits per heavy atom. The highest BCUT2D eigenvalue weighted by molar-refractivity contribution is 7.80. The van der Waals surface area contributed by atoms with E-state index in [4.69, 9.17) is 12.2 Å². The fourth-order valence-electron chi connectivity index (χ4n) is 3.19. The topological polar surface area (TPSA) is 83.0 Å². The van der Waals surface area contributed by atoms with Crippen LogP contribution in [-0.4, -0.2) is 33.0 Å². The van der Waals surface area contributed by atoms with Gasteiger partial charge in [-0.2, -0.15) is 18.3 Å². The van der Waals surface area contributed by atoms with E-state index in [1.165, 1.54) is 0 Å². The molecule has 0 bridgehead atoms. The van der Waals surface area contributed by atoms with E-state index in [2.05, 4.69) is 26.6 Å². The molecule has 7 nitrogen and oxygen atoms in total. The van der Waals surface area contributed by atoms with Crippen LogP contribution in [0.15, 0.2) is 30.5 Å². The van der Waals surface area contributed by atoms with Crippen molar-refractivity contribution >= 4 is 34.7 Å². The first-order valence-electron chi connectivity index (χ1n) is 9.06. The maximum absolute atomic E-state index is 13.3. The number of thiocarbonyl (C=S) groups is 1. The molecule has 2 heterocycles. The molecule has 0 aliphatic carbocycles. The van der Waals surface area contributed by atoms with Crippen molar-refractivity contribution in [2.75, 3.05) is 10.6 Å². The number of nitrogens with one attached hydrogen (secondary N) is 4. The lowest BCUT2D eigenvalue weighted by molar-refractivity contribution is -0.173. The van der Waals surface area contributed by atoms with Crippen molar-refractivity contribution in [2.24, 2.45) is 0 Å². The number of amides is 1. The number of halogens is 3. The summed E-state index contributed by atoms with van der Waals surface area (Å²) in [5, 5.41) is 9.80. The molecule has 0 saturated heterocycles. The van der Waals surface area contributed by atoms with Crippen molar-refractivity contribution in [3.8, 4) is 0 Å². The van der Waals surface area contributed by atoms with E-state index in [0.29, 0.717) is 0 Å². The Hall–Kier alpha value is -2.82. The van der Waals surface area contributed by atoms with E-state index in [1.54, 1.807) is 6.92 Å². The SMILES string of the molecule is CCc1ccccc1NC(=S)NNC(=O)c1cnn2c1N[C@@H](C)C[C@@H]2C(F)(F)F. The molecular formula is C18H21F3N6OS. The molecule has 29 heavy (non-hydrogen) atoms. The summed E-state index contributed by atoms with van der Waals surface area (Å²) in [4.78, 5) is 12.5. The first-order valence-corrected chi connectivity index (χ1v) is 9.47. The van der Waals surface area contributed by atoms with Gasteiger partial charge in [0.2, 0.25) is 0 Å². The van der Waals surface area contributed by atoms with E-state index < -0.39 is 24.2 Å². The number of hydrogen-bond acceptors (Lipinski definition) is 4. The van der Waals surface area contributed by atoms with Gasteiger partial charge in [0, 0.05) is 11.7 Å². The van der Waals surface area contributed by atoms with E-state index in [-0.39, 0.29) is 22.9 Å². The minimum atomic E-state index is -4.46. The van der Waals surface area contributed by atoms with Crippen molar-refractivity contribution in [1.82, 2.24) is 20.6 Å². The number of aromatic nitrogens is 2. The molecule has 1 aromatic carbocycles. The molecule has 0 spiro atoms. The highest BCUT2D eigenvalue weighted by Gasteiger charge is 2.46. The average molecular weight is 426 g/mol. The Bertz CT molecular complexity index is 913. The molecular weight excluding hydrogens is 405 g/mol. The molecule has 0 saturated carbocycles. The number of nitrogens with zero attached hydrogens (tertiary/aromatic N) is 2. The summed E-state index contributed by atoms with van der Waals surface area (Å²) in [6, 6.07) is 5.33. The number of alkyl halides is 3. The minimum Gasteiger partial charge on any atom is -0.367 e. The number of carbonyl (C=O) groups is 1. The third kappa shape index (κ3) is 4.61. The Kier molecular flexibility index (Phi) is 5.96. The number of aryl methyl sites for hydroxylation is 1. The van der Waals surface area contributed by atoms with E-state index in [1.807, 2.05) is 31.2 Å². The van der Waals surface area contributed by atoms with Crippen LogP contribution in [0.2, 0.25) is 0 Å². The third-order valence-electron chi connectivity index (χ3n) is 4.61. The molecule has 0 fully saturated rings. The van der Waals surface area contributed by atoms with Crippen LogP contribution < -0.4 is 21.5 Å². The fraction of sp³-hybridized carbons (Fsp3) is 0.389. The second-order valence-corrected chi connectivity index (χ2v) is 7.14. The summed E-state index contributed by atoms with van der Waals surface area (Å²) in [7, 11) is 0. The Labute approximate surface area is 171 Å². The predicted octanol–water partition coefficient (Wildman–Crippen LogP) is 3.38. The van der Waals surface area contributed by atoms with Gasteiger partial charge in [-0.1, -0.05) is 25.1 Å². The van der Waals surface area contributed by atoms with Crippen molar-refractivity contribution in [1.29, 1.82) is 0 Å². The molecule has 3 rings (SSSR count). The maximum Gasteiger partial charge on any atom is 0.410 e. The lowest BCUT2D eigenvalue weighted by Gasteiger charge is -2.31. The van der Waals surface area contributed by atoms with E-state index in [9.17, 15) is 18.0 Å². The molecule has 0 radical (unpaired) electrons. The van der Waals surface area contributed by atoms with Gasteiger partial charge >= 0.3 is 6.18 Å². The second-order valence-electron chi connectivity index (χ2n) is 6.73. The zero-order chi connectivity index (χ0) is 21.2. The number of carbonyl (C=O) groups excluding carboxylic acids is 1. The zero-order valence-corrected chi connectivity index (χ0v) is 16.6. The van der Waals surface area contributed by atoms with Crippen LogP contribution in [-0.2, 0) is 6.42 Å². The van der Waals surface area contributed by atoms with Gasteiger partial charge in [-0.15, -0.1) is 0 Å². The maximum atomic E-state index is 13.3. The standard InChI is InChI=1S/C18H21F3N6OS/c1-3-11-6-4-5-7-13(11)24-17(29)26-25-16(28)12-9-22-27-14(18(19,20)21)8-10(2)23-15(12)27/h4-7,9-10,14,23H,3,8H2,1-2H3,(H,25,28)(H2,24,26,29)/t10-,14+/m0/s1. The Morgan fingerprint density at radius 3 is 2.76 bits per heavy atom. The summed E-state index contributed by atoms with van der Waals surface area (Å²) in [6.07, 6.45) is -2.71. The monoisotopic (exact) mass is 426 g/mol. The molecule has 11 heteroatoms. The van der Waals surface area contributed by atoms with Crippen LogP contribution in [0, 0.1) is 0 Å². The number of hydrogen-bond donors (Lipinski definition) is 4. The van der Waals surface area contributed by atoms with Gasteiger partial charge in [-0.3, -0.25) is 15.6 Å². The first-order chi connectivity index (χ1) is 13.7. The molecule has 0 unspecified atom stereocenters. The summed E-state index contributed by atoms with van der Waals surface area (Å²) in [5.41, 5.74) is 6.80. The summed E-state index contributed by atoms with van der Waals surface area (Å²) in [5.74, 6) is -0.623. The highest BCUT2D eigenvalue weighted by Crippen LogP contribution is 2.39. The van der Waals surface area contributed by atoms with E-state index in [0.717, 1.165) is 28.6 Å². The van der Waals surface area contributed by atoms with Crippen molar-refractivity contribution in [3.05, 3.63) is 41.6 Å². The normalized spacial score (nSPS) is 18.4. The molecule has 1 aliphatic rings. The lowest BCUT2D eigenvalue weighted by Crippen LogP contribution is -2.44.